The van der Waals surface area contributed by atoms with E-state index in [-0.39, 0.29) is 11.3 Å². The zero-order chi connectivity index (χ0) is 21.8. The fourth-order valence-corrected chi connectivity index (χ4v) is 3.93. The molecule has 30 heavy (non-hydrogen) atoms. The Morgan fingerprint density at radius 1 is 1.27 bits per heavy atom. The summed E-state index contributed by atoms with van der Waals surface area (Å²) in [6, 6.07) is 6.54. The van der Waals surface area contributed by atoms with Crippen LogP contribution < -0.4 is 15.4 Å². The molecule has 1 aliphatic carbocycles. The SMILES string of the molecule is CC(C)(C)[C@H](NC(=O)C1(NC=O)CCCC1)[C@@H](Oc1ccc(Cl)cc1)n1cncn1. The lowest BCUT2D eigenvalue weighted by molar-refractivity contribution is -0.133. The van der Waals surface area contributed by atoms with Gasteiger partial charge in [-0.3, -0.25) is 9.59 Å². The monoisotopic (exact) mass is 433 g/mol. The van der Waals surface area contributed by atoms with E-state index in [4.69, 9.17) is 16.3 Å². The maximum Gasteiger partial charge on any atom is 0.246 e. The first kappa shape index (κ1) is 22.1. The van der Waals surface area contributed by atoms with E-state index in [9.17, 15) is 9.59 Å². The lowest BCUT2D eigenvalue weighted by Crippen LogP contribution is -2.60. The van der Waals surface area contributed by atoms with Gasteiger partial charge in [-0.2, -0.15) is 5.10 Å². The van der Waals surface area contributed by atoms with Crippen LogP contribution in [-0.2, 0) is 9.59 Å². The summed E-state index contributed by atoms with van der Waals surface area (Å²) in [6.45, 7) is 6.05. The molecule has 2 amide bonds. The highest BCUT2D eigenvalue weighted by molar-refractivity contribution is 6.30. The van der Waals surface area contributed by atoms with Gasteiger partial charge in [0.05, 0.1) is 6.04 Å². The van der Waals surface area contributed by atoms with Crippen molar-refractivity contribution in [2.45, 2.75) is 64.3 Å². The predicted molar refractivity (Wildman–Crippen MR) is 113 cm³/mol. The van der Waals surface area contributed by atoms with Crippen molar-refractivity contribution in [3.63, 3.8) is 0 Å². The van der Waals surface area contributed by atoms with E-state index in [1.165, 1.54) is 6.33 Å². The summed E-state index contributed by atoms with van der Waals surface area (Å²) in [5, 5.41) is 10.8. The van der Waals surface area contributed by atoms with Crippen LogP contribution in [0.2, 0.25) is 5.02 Å². The maximum absolute atomic E-state index is 13.3. The topological polar surface area (TPSA) is 98.1 Å². The van der Waals surface area contributed by atoms with Crippen LogP contribution >= 0.6 is 11.6 Å². The zero-order valence-corrected chi connectivity index (χ0v) is 18.2. The van der Waals surface area contributed by atoms with Crippen LogP contribution in [-0.4, -0.2) is 38.7 Å². The molecule has 1 aromatic heterocycles. The number of rotatable bonds is 8. The third-order valence-corrected chi connectivity index (χ3v) is 5.75. The van der Waals surface area contributed by atoms with Crippen LogP contribution in [0.3, 0.4) is 0 Å². The van der Waals surface area contributed by atoms with E-state index < -0.39 is 17.8 Å². The fraction of sp³-hybridized carbons (Fsp3) is 0.524. The molecule has 1 aromatic carbocycles. The van der Waals surface area contributed by atoms with Gasteiger partial charge in [0.25, 0.3) is 0 Å². The Bertz CT molecular complexity index is 843. The minimum Gasteiger partial charge on any atom is -0.466 e. The first-order valence-electron chi connectivity index (χ1n) is 10.0. The Labute approximate surface area is 181 Å². The van der Waals surface area contributed by atoms with Crippen molar-refractivity contribution in [1.82, 2.24) is 25.4 Å². The molecule has 1 saturated carbocycles. The van der Waals surface area contributed by atoms with E-state index >= 15 is 0 Å². The second-order valence-electron chi connectivity index (χ2n) is 8.71. The molecule has 0 radical (unpaired) electrons. The number of halogens is 1. The summed E-state index contributed by atoms with van der Waals surface area (Å²) in [4.78, 5) is 28.6. The molecule has 0 aliphatic heterocycles. The van der Waals surface area contributed by atoms with Gasteiger partial charge in [0.1, 0.15) is 23.9 Å². The Balaban J connectivity index is 1.92. The van der Waals surface area contributed by atoms with Crippen LogP contribution in [0.25, 0.3) is 0 Å². The quantitative estimate of drug-likeness (QED) is 0.623. The standard InChI is InChI=1S/C21H28ClN5O3/c1-20(2,3)17(26-19(29)21(24-14-28)10-4-5-11-21)18(27-13-23-12-25-27)30-16-8-6-15(22)7-9-16/h6-9,12-14,17-18H,4-5,10-11H2,1-3H3,(H,24,28)(H,26,29)/t17-,18-/m1/s1. The second kappa shape index (κ2) is 9.04. The third-order valence-electron chi connectivity index (χ3n) is 5.50. The molecule has 0 bridgehead atoms. The molecule has 0 spiro atoms. The van der Waals surface area contributed by atoms with Crippen LogP contribution in [0, 0.1) is 5.41 Å². The number of carbonyl (C=O) groups is 2. The molecule has 0 saturated heterocycles. The number of nitrogens with zero attached hydrogens (tertiary/aromatic N) is 3. The molecular formula is C21H28ClN5O3. The van der Waals surface area contributed by atoms with Gasteiger partial charge in [-0.05, 0) is 42.5 Å². The highest BCUT2D eigenvalue weighted by Gasteiger charge is 2.45. The number of nitrogens with one attached hydrogen (secondary N) is 2. The maximum atomic E-state index is 13.3. The van der Waals surface area contributed by atoms with Gasteiger partial charge in [0, 0.05) is 5.02 Å². The van der Waals surface area contributed by atoms with Gasteiger partial charge in [-0.1, -0.05) is 45.2 Å². The summed E-state index contributed by atoms with van der Waals surface area (Å²) in [7, 11) is 0. The molecule has 162 valence electrons. The Kier molecular flexibility index (Phi) is 6.65. The first-order chi connectivity index (χ1) is 14.2. The van der Waals surface area contributed by atoms with Crippen molar-refractivity contribution in [2.75, 3.05) is 0 Å². The molecule has 0 unspecified atom stereocenters. The van der Waals surface area contributed by atoms with Gasteiger partial charge < -0.3 is 15.4 Å². The molecular weight excluding hydrogens is 406 g/mol. The normalized spacial score (nSPS) is 17.7. The number of hydrogen-bond donors (Lipinski definition) is 2. The number of benzene rings is 1. The minimum atomic E-state index is -0.890. The van der Waals surface area contributed by atoms with Crippen LogP contribution in [0.5, 0.6) is 5.75 Å². The molecule has 1 heterocycles. The molecule has 9 heteroatoms. The van der Waals surface area contributed by atoms with E-state index in [0.29, 0.717) is 30.0 Å². The average Bonchev–Trinajstić information content (AvgIpc) is 3.38. The highest BCUT2D eigenvalue weighted by atomic mass is 35.5. The summed E-state index contributed by atoms with van der Waals surface area (Å²) in [6.07, 6.45) is 5.93. The first-order valence-corrected chi connectivity index (χ1v) is 10.4. The molecule has 1 fully saturated rings. The van der Waals surface area contributed by atoms with Crippen LogP contribution in [0.1, 0.15) is 52.7 Å². The highest BCUT2D eigenvalue weighted by Crippen LogP contribution is 2.34. The smallest absolute Gasteiger partial charge is 0.246 e. The molecule has 1 aliphatic rings. The number of hydrogen-bond acceptors (Lipinski definition) is 5. The van der Waals surface area contributed by atoms with Crippen molar-refractivity contribution in [2.24, 2.45) is 5.41 Å². The lowest BCUT2D eigenvalue weighted by Gasteiger charge is -2.39. The number of aromatic nitrogens is 3. The molecule has 2 atom stereocenters. The number of amides is 2. The van der Waals surface area contributed by atoms with E-state index in [1.54, 1.807) is 35.3 Å². The largest absolute Gasteiger partial charge is 0.466 e. The molecule has 2 aromatic rings. The van der Waals surface area contributed by atoms with E-state index in [0.717, 1.165) is 12.8 Å². The van der Waals surface area contributed by atoms with Crippen molar-refractivity contribution < 1.29 is 14.3 Å². The number of carbonyl (C=O) groups excluding carboxylic acids is 2. The molecule has 3 rings (SSSR count). The summed E-state index contributed by atoms with van der Waals surface area (Å²) in [5.41, 5.74) is -1.28. The Morgan fingerprint density at radius 2 is 1.93 bits per heavy atom. The van der Waals surface area contributed by atoms with Crippen molar-refractivity contribution >= 4 is 23.9 Å². The van der Waals surface area contributed by atoms with Crippen LogP contribution in [0.15, 0.2) is 36.9 Å². The van der Waals surface area contributed by atoms with Gasteiger partial charge in [0.2, 0.25) is 18.5 Å². The minimum absolute atomic E-state index is 0.211. The Morgan fingerprint density at radius 3 is 2.47 bits per heavy atom. The van der Waals surface area contributed by atoms with Crippen molar-refractivity contribution in [3.8, 4) is 5.75 Å². The fourth-order valence-electron chi connectivity index (χ4n) is 3.80. The average molecular weight is 434 g/mol. The second-order valence-corrected chi connectivity index (χ2v) is 9.14. The summed E-state index contributed by atoms with van der Waals surface area (Å²) < 4.78 is 7.84. The van der Waals surface area contributed by atoms with Gasteiger partial charge >= 0.3 is 0 Å². The number of ether oxygens (including phenoxy) is 1. The molecule has 8 nitrogen and oxygen atoms in total. The third kappa shape index (κ3) is 4.92. The summed E-state index contributed by atoms with van der Waals surface area (Å²) >= 11 is 5.99. The van der Waals surface area contributed by atoms with Crippen LogP contribution in [0.4, 0.5) is 0 Å². The Hall–Kier alpha value is -2.61. The van der Waals surface area contributed by atoms with Crippen molar-refractivity contribution in [1.29, 1.82) is 0 Å². The molecule has 2 N–H and O–H groups in total. The van der Waals surface area contributed by atoms with E-state index in [2.05, 4.69) is 20.7 Å². The zero-order valence-electron chi connectivity index (χ0n) is 17.5. The van der Waals surface area contributed by atoms with Gasteiger partial charge in [0.15, 0.2) is 0 Å². The van der Waals surface area contributed by atoms with Crippen molar-refractivity contribution in [3.05, 3.63) is 41.9 Å². The predicted octanol–water partition coefficient (Wildman–Crippen LogP) is 3.10. The van der Waals surface area contributed by atoms with Gasteiger partial charge in [-0.15, -0.1) is 0 Å². The van der Waals surface area contributed by atoms with E-state index in [1.807, 2.05) is 20.8 Å². The van der Waals surface area contributed by atoms with Gasteiger partial charge in [-0.25, -0.2) is 9.67 Å². The lowest BCUT2D eigenvalue weighted by atomic mass is 9.84. The summed E-state index contributed by atoms with van der Waals surface area (Å²) in [5.74, 6) is 0.377.